The molecule has 1 aromatic carbocycles. The summed E-state index contributed by atoms with van der Waals surface area (Å²) in [6.45, 7) is 3.48. The summed E-state index contributed by atoms with van der Waals surface area (Å²) < 4.78 is 5.49. The van der Waals surface area contributed by atoms with Crippen LogP contribution in [0.25, 0.3) is 22.0 Å². The molecule has 86 valence electrons. The molecule has 0 fully saturated rings. The van der Waals surface area contributed by atoms with Crippen LogP contribution in [0.1, 0.15) is 21.9 Å². The largest absolute Gasteiger partial charge is 0.478 e. The molecular formula is C12H10N2O3. The van der Waals surface area contributed by atoms with Crippen molar-refractivity contribution in [3.8, 4) is 0 Å². The van der Waals surface area contributed by atoms with Crippen molar-refractivity contribution in [2.24, 2.45) is 0 Å². The third kappa shape index (κ3) is 1.25. The monoisotopic (exact) mass is 230 g/mol. The van der Waals surface area contributed by atoms with Crippen LogP contribution in [0.4, 0.5) is 0 Å². The molecule has 5 nitrogen and oxygen atoms in total. The highest BCUT2D eigenvalue weighted by Gasteiger charge is 2.19. The third-order valence-electron chi connectivity index (χ3n) is 2.83. The predicted molar refractivity (Wildman–Crippen MR) is 62.3 cm³/mol. The summed E-state index contributed by atoms with van der Waals surface area (Å²) in [4.78, 5) is 18.5. The fraction of sp³-hybridized carbons (Fsp3) is 0.167. The Kier molecular flexibility index (Phi) is 1.80. The minimum absolute atomic E-state index is 0.252. The molecule has 0 saturated carbocycles. The highest BCUT2D eigenvalue weighted by Crippen LogP contribution is 2.30. The Morgan fingerprint density at radius 2 is 2.18 bits per heavy atom. The number of carboxylic acids is 1. The van der Waals surface area contributed by atoms with Gasteiger partial charge in [-0.15, -0.1) is 0 Å². The zero-order valence-electron chi connectivity index (χ0n) is 9.37. The zero-order valence-corrected chi connectivity index (χ0v) is 9.37. The molecule has 0 aliphatic carbocycles. The van der Waals surface area contributed by atoms with Crippen LogP contribution < -0.4 is 0 Å². The molecule has 0 aliphatic heterocycles. The standard InChI is InChI=1S/C12H10N2O3/c1-5-9(12(15)16)10-7(13-5)3-4-8-11(10)17-6(2)14-8/h3-4,13H,1-2H3,(H,15,16). The number of aromatic carboxylic acids is 1. The van der Waals surface area contributed by atoms with Crippen molar-refractivity contribution in [2.75, 3.05) is 0 Å². The maximum absolute atomic E-state index is 11.3. The van der Waals surface area contributed by atoms with Crippen molar-refractivity contribution in [1.82, 2.24) is 9.97 Å². The molecule has 0 unspecified atom stereocenters. The Balaban J connectivity index is 2.58. The number of oxazole rings is 1. The normalized spacial score (nSPS) is 11.4. The molecule has 2 N–H and O–H groups in total. The number of carbonyl (C=O) groups is 1. The van der Waals surface area contributed by atoms with E-state index in [0.29, 0.717) is 28.1 Å². The Hall–Kier alpha value is -2.30. The number of H-pyrrole nitrogens is 1. The van der Waals surface area contributed by atoms with E-state index in [-0.39, 0.29) is 5.56 Å². The number of benzene rings is 1. The third-order valence-corrected chi connectivity index (χ3v) is 2.83. The van der Waals surface area contributed by atoms with Crippen molar-refractivity contribution >= 4 is 28.0 Å². The Bertz CT molecular complexity index is 752. The fourth-order valence-corrected chi connectivity index (χ4v) is 2.17. The molecule has 0 saturated heterocycles. The number of nitrogens with one attached hydrogen (secondary N) is 1. The van der Waals surface area contributed by atoms with Gasteiger partial charge in [0, 0.05) is 12.6 Å². The number of hydrogen-bond acceptors (Lipinski definition) is 3. The van der Waals surface area contributed by atoms with Gasteiger partial charge in [0.2, 0.25) is 0 Å². The number of fused-ring (bicyclic) bond motifs is 3. The van der Waals surface area contributed by atoms with Crippen LogP contribution in [0.5, 0.6) is 0 Å². The molecule has 3 rings (SSSR count). The Morgan fingerprint density at radius 1 is 1.41 bits per heavy atom. The first kappa shape index (κ1) is 9.89. The maximum atomic E-state index is 11.3. The van der Waals surface area contributed by atoms with E-state index in [1.54, 1.807) is 13.8 Å². The minimum Gasteiger partial charge on any atom is -0.478 e. The quantitative estimate of drug-likeness (QED) is 0.673. The van der Waals surface area contributed by atoms with Crippen LogP contribution in [0, 0.1) is 13.8 Å². The highest BCUT2D eigenvalue weighted by atomic mass is 16.4. The summed E-state index contributed by atoms with van der Waals surface area (Å²) in [7, 11) is 0. The maximum Gasteiger partial charge on any atom is 0.338 e. The molecule has 2 aromatic heterocycles. The molecule has 0 spiro atoms. The molecule has 0 atom stereocenters. The van der Waals surface area contributed by atoms with E-state index in [1.165, 1.54) is 0 Å². The van der Waals surface area contributed by atoms with Crippen molar-refractivity contribution in [1.29, 1.82) is 0 Å². The first-order valence-electron chi connectivity index (χ1n) is 5.19. The summed E-state index contributed by atoms with van der Waals surface area (Å²) in [5.41, 5.74) is 2.83. The predicted octanol–water partition coefficient (Wildman–Crippen LogP) is 2.62. The Labute approximate surface area is 96.1 Å². The van der Waals surface area contributed by atoms with Crippen molar-refractivity contribution in [2.45, 2.75) is 13.8 Å². The average molecular weight is 230 g/mol. The van der Waals surface area contributed by atoms with Gasteiger partial charge in [-0.1, -0.05) is 0 Å². The van der Waals surface area contributed by atoms with Crippen LogP contribution in [-0.2, 0) is 0 Å². The number of nitrogens with zero attached hydrogens (tertiary/aromatic N) is 1. The van der Waals surface area contributed by atoms with Gasteiger partial charge in [-0.25, -0.2) is 9.78 Å². The van der Waals surface area contributed by atoms with Gasteiger partial charge >= 0.3 is 5.97 Å². The van der Waals surface area contributed by atoms with E-state index in [4.69, 9.17) is 4.42 Å². The first-order valence-corrected chi connectivity index (χ1v) is 5.19. The van der Waals surface area contributed by atoms with E-state index < -0.39 is 5.97 Å². The molecule has 0 bridgehead atoms. The van der Waals surface area contributed by atoms with Gasteiger partial charge in [-0.3, -0.25) is 0 Å². The van der Waals surface area contributed by atoms with E-state index in [2.05, 4.69) is 9.97 Å². The smallest absolute Gasteiger partial charge is 0.338 e. The van der Waals surface area contributed by atoms with Crippen LogP contribution in [0.3, 0.4) is 0 Å². The number of aromatic nitrogens is 2. The van der Waals surface area contributed by atoms with Crippen LogP contribution >= 0.6 is 0 Å². The highest BCUT2D eigenvalue weighted by molar-refractivity contribution is 6.14. The van der Waals surface area contributed by atoms with Crippen molar-refractivity contribution in [3.05, 3.63) is 29.3 Å². The molecule has 17 heavy (non-hydrogen) atoms. The molecule has 0 amide bonds. The second kappa shape index (κ2) is 3.10. The van der Waals surface area contributed by atoms with E-state index in [9.17, 15) is 9.90 Å². The number of aromatic amines is 1. The van der Waals surface area contributed by atoms with Crippen molar-refractivity contribution < 1.29 is 14.3 Å². The van der Waals surface area contributed by atoms with Gasteiger partial charge in [0.05, 0.1) is 16.5 Å². The lowest BCUT2D eigenvalue weighted by molar-refractivity contribution is 0.0698. The lowest BCUT2D eigenvalue weighted by atomic mass is 10.1. The fourth-order valence-electron chi connectivity index (χ4n) is 2.17. The summed E-state index contributed by atoms with van der Waals surface area (Å²) >= 11 is 0. The molecule has 5 heteroatoms. The molecule has 3 aromatic rings. The van der Waals surface area contributed by atoms with Crippen LogP contribution in [0.15, 0.2) is 16.5 Å². The summed E-state index contributed by atoms with van der Waals surface area (Å²) in [6, 6.07) is 3.63. The van der Waals surface area contributed by atoms with Crippen molar-refractivity contribution in [3.63, 3.8) is 0 Å². The lowest BCUT2D eigenvalue weighted by Gasteiger charge is -1.94. The van der Waals surface area contributed by atoms with E-state index in [0.717, 1.165) is 5.52 Å². The summed E-state index contributed by atoms with van der Waals surface area (Å²) in [6.07, 6.45) is 0. The SMILES string of the molecule is Cc1nc2ccc3[nH]c(C)c(C(=O)O)c3c2o1. The number of hydrogen-bond donors (Lipinski definition) is 2. The van der Waals surface area contributed by atoms with Gasteiger partial charge in [0.25, 0.3) is 0 Å². The minimum atomic E-state index is -0.963. The summed E-state index contributed by atoms with van der Waals surface area (Å²) in [5.74, 6) is -0.432. The van der Waals surface area contributed by atoms with Gasteiger partial charge in [0.15, 0.2) is 11.5 Å². The number of carboxylic acid groups (broad SMARTS) is 1. The molecule has 2 heterocycles. The summed E-state index contributed by atoms with van der Waals surface area (Å²) in [5, 5.41) is 9.83. The van der Waals surface area contributed by atoms with Gasteiger partial charge in [-0.2, -0.15) is 0 Å². The average Bonchev–Trinajstić information content (AvgIpc) is 2.75. The van der Waals surface area contributed by atoms with E-state index >= 15 is 0 Å². The van der Waals surface area contributed by atoms with Gasteiger partial charge in [-0.05, 0) is 19.1 Å². The number of aryl methyl sites for hydroxylation is 2. The molecular weight excluding hydrogens is 220 g/mol. The molecule has 0 radical (unpaired) electrons. The van der Waals surface area contributed by atoms with Crippen LogP contribution in [-0.4, -0.2) is 21.0 Å². The van der Waals surface area contributed by atoms with Crippen LogP contribution in [0.2, 0.25) is 0 Å². The van der Waals surface area contributed by atoms with Gasteiger partial charge in [0.1, 0.15) is 5.52 Å². The lowest BCUT2D eigenvalue weighted by Crippen LogP contribution is -1.97. The van der Waals surface area contributed by atoms with E-state index in [1.807, 2.05) is 12.1 Å². The van der Waals surface area contributed by atoms with Gasteiger partial charge < -0.3 is 14.5 Å². The zero-order chi connectivity index (χ0) is 12.2. The second-order valence-electron chi connectivity index (χ2n) is 4.00. The topological polar surface area (TPSA) is 79.1 Å². The number of rotatable bonds is 1. The first-order chi connectivity index (χ1) is 8.08. The Morgan fingerprint density at radius 3 is 2.88 bits per heavy atom. The second-order valence-corrected chi connectivity index (χ2v) is 4.00. The molecule has 0 aliphatic rings.